The van der Waals surface area contributed by atoms with Crippen molar-refractivity contribution in [3.63, 3.8) is 0 Å². The number of carbonyl (C=O) groups excluding carboxylic acids is 1. The van der Waals surface area contributed by atoms with Gasteiger partial charge in [0.1, 0.15) is 11.6 Å². The second kappa shape index (κ2) is 8.27. The highest BCUT2D eigenvalue weighted by molar-refractivity contribution is 6.03. The maximum absolute atomic E-state index is 13.0. The fraction of sp³-hybridized carbons (Fsp3) is 0.130. The number of nitrogens with one attached hydrogen (secondary N) is 1. The molecule has 0 atom stereocenters. The quantitative estimate of drug-likeness (QED) is 0.618. The molecule has 0 fully saturated rings. The van der Waals surface area contributed by atoms with Gasteiger partial charge in [-0.1, -0.05) is 18.2 Å². The van der Waals surface area contributed by atoms with Gasteiger partial charge < -0.3 is 15.2 Å². The van der Waals surface area contributed by atoms with Gasteiger partial charge in [0.25, 0.3) is 5.56 Å². The van der Waals surface area contributed by atoms with Gasteiger partial charge in [-0.25, -0.2) is 9.78 Å². The summed E-state index contributed by atoms with van der Waals surface area (Å²) in [6, 6.07) is 12.4. The highest BCUT2D eigenvalue weighted by Crippen LogP contribution is 2.30. The first kappa shape index (κ1) is 20.1. The van der Waals surface area contributed by atoms with Crippen LogP contribution in [-0.2, 0) is 16.1 Å². The van der Waals surface area contributed by atoms with Crippen molar-refractivity contribution < 1.29 is 19.4 Å². The highest BCUT2D eigenvalue weighted by Gasteiger charge is 2.21. The summed E-state index contributed by atoms with van der Waals surface area (Å²) in [5, 5.41) is 11.6. The molecule has 2 N–H and O–H groups in total. The van der Waals surface area contributed by atoms with E-state index in [0.717, 1.165) is 29.0 Å². The monoisotopic (exact) mass is 417 g/mol. The van der Waals surface area contributed by atoms with Crippen LogP contribution in [0.1, 0.15) is 17.8 Å². The van der Waals surface area contributed by atoms with E-state index in [1.807, 2.05) is 30.3 Å². The second-order valence-electron chi connectivity index (χ2n) is 6.95. The number of methoxy groups -OCH3 is 1. The number of aliphatic carboxylic acids is 1. The largest absolute Gasteiger partial charge is 0.496 e. The number of hydrogen-bond acceptors (Lipinski definition) is 5. The van der Waals surface area contributed by atoms with E-state index in [1.165, 1.54) is 0 Å². The molecule has 4 rings (SSSR count). The van der Waals surface area contributed by atoms with Crippen molar-refractivity contribution in [3.05, 3.63) is 76.4 Å². The van der Waals surface area contributed by atoms with Crippen LogP contribution in [0.5, 0.6) is 5.75 Å². The third-order valence-electron chi connectivity index (χ3n) is 4.96. The van der Waals surface area contributed by atoms with Gasteiger partial charge in [0.05, 0.1) is 18.0 Å². The van der Waals surface area contributed by atoms with E-state index in [-0.39, 0.29) is 5.56 Å². The SMILES string of the molecule is COc1ccccc1C=C1CCn2c1nc1cc(NC(=O)C=CC(=O)O)ccc1c2=O. The molecule has 1 amide bonds. The number of ether oxygens (including phenoxy) is 1. The average Bonchev–Trinajstić information content (AvgIpc) is 3.15. The van der Waals surface area contributed by atoms with E-state index in [4.69, 9.17) is 9.84 Å². The molecule has 8 heteroatoms. The Kier molecular flexibility index (Phi) is 5.36. The van der Waals surface area contributed by atoms with Crippen molar-refractivity contribution in [2.24, 2.45) is 0 Å². The minimum atomic E-state index is -1.21. The molecule has 0 spiro atoms. The van der Waals surface area contributed by atoms with Crippen molar-refractivity contribution >= 4 is 40.1 Å². The highest BCUT2D eigenvalue weighted by atomic mass is 16.5. The first-order valence-corrected chi connectivity index (χ1v) is 9.57. The summed E-state index contributed by atoms with van der Waals surface area (Å²) in [4.78, 5) is 40.0. The standard InChI is InChI=1S/C23H19N3O5/c1-31-19-5-3-2-4-14(19)12-15-10-11-26-22(15)25-18-13-16(6-7-17(18)23(26)30)24-20(27)8-9-21(28)29/h2-9,12-13H,10-11H2,1H3,(H,24,27)(H,28,29). The van der Waals surface area contributed by atoms with Crippen molar-refractivity contribution in [2.75, 3.05) is 12.4 Å². The zero-order valence-electron chi connectivity index (χ0n) is 16.7. The van der Waals surface area contributed by atoms with Gasteiger partial charge in [0, 0.05) is 29.9 Å². The molecule has 0 unspecified atom stereocenters. The van der Waals surface area contributed by atoms with Gasteiger partial charge in [-0.2, -0.15) is 0 Å². The molecule has 156 valence electrons. The second-order valence-corrected chi connectivity index (χ2v) is 6.95. The summed E-state index contributed by atoms with van der Waals surface area (Å²) in [5.74, 6) is -0.488. The number of fused-ring (bicyclic) bond motifs is 2. The number of benzene rings is 2. The van der Waals surface area contributed by atoms with Crippen LogP contribution in [0.25, 0.3) is 22.6 Å². The molecule has 0 bridgehead atoms. The summed E-state index contributed by atoms with van der Waals surface area (Å²) in [6.45, 7) is 0.538. The lowest BCUT2D eigenvalue weighted by molar-refractivity contribution is -0.131. The van der Waals surface area contributed by atoms with Crippen molar-refractivity contribution in [3.8, 4) is 5.75 Å². The number of amides is 1. The number of hydrogen-bond donors (Lipinski definition) is 2. The smallest absolute Gasteiger partial charge is 0.328 e. The number of anilines is 1. The van der Waals surface area contributed by atoms with Crippen LogP contribution in [0.4, 0.5) is 5.69 Å². The first-order valence-electron chi connectivity index (χ1n) is 9.57. The number of allylic oxidation sites excluding steroid dienone is 1. The summed E-state index contributed by atoms with van der Waals surface area (Å²) < 4.78 is 7.06. The van der Waals surface area contributed by atoms with Crippen LogP contribution >= 0.6 is 0 Å². The Morgan fingerprint density at radius 2 is 2.00 bits per heavy atom. The zero-order valence-corrected chi connectivity index (χ0v) is 16.7. The van der Waals surface area contributed by atoms with Crippen LogP contribution in [0.15, 0.2) is 59.4 Å². The topological polar surface area (TPSA) is 111 Å². The first-order chi connectivity index (χ1) is 15.0. The van der Waals surface area contributed by atoms with Gasteiger partial charge in [-0.15, -0.1) is 0 Å². The Labute approximate surface area is 177 Å². The Morgan fingerprint density at radius 3 is 2.77 bits per heavy atom. The van der Waals surface area contributed by atoms with Gasteiger partial charge in [-0.3, -0.25) is 14.2 Å². The third kappa shape index (κ3) is 4.09. The number of nitrogens with zero attached hydrogens (tertiary/aromatic N) is 2. The maximum atomic E-state index is 13.0. The molecule has 1 aliphatic heterocycles. The molecule has 31 heavy (non-hydrogen) atoms. The average molecular weight is 417 g/mol. The predicted octanol–water partition coefficient (Wildman–Crippen LogP) is 2.93. The van der Waals surface area contributed by atoms with Crippen molar-refractivity contribution in [2.45, 2.75) is 13.0 Å². The van der Waals surface area contributed by atoms with Gasteiger partial charge in [-0.05, 0) is 42.3 Å². The molecule has 1 aliphatic rings. The summed E-state index contributed by atoms with van der Waals surface area (Å²) in [5.41, 5.74) is 2.53. The molecule has 3 aromatic rings. The molecule has 0 saturated heterocycles. The fourth-order valence-corrected chi connectivity index (χ4v) is 3.54. The summed E-state index contributed by atoms with van der Waals surface area (Å²) in [7, 11) is 1.61. The predicted molar refractivity (Wildman–Crippen MR) is 117 cm³/mol. The Morgan fingerprint density at radius 1 is 1.19 bits per heavy atom. The molecule has 0 radical (unpaired) electrons. The minimum absolute atomic E-state index is 0.146. The van der Waals surface area contributed by atoms with Gasteiger partial charge >= 0.3 is 5.97 Å². The van der Waals surface area contributed by atoms with Crippen LogP contribution in [0, 0.1) is 0 Å². The number of carbonyl (C=O) groups is 2. The van der Waals surface area contributed by atoms with E-state index in [2.05, 4.69) is 10.3 Å². The van der Waals surface area contributed by atoms with Crippen LogP contribution in [0.3, 0.4) is 0 Å². The van der Waals surface area contributed by atoms with Crippen molar-refractivity contribution in [1.82, 2.24) is 9.55 Å². The van der Waals surface area contributed by atoms with Crippen LogP contribution in [0.2, 0.25) is 0 Å². The Hall–Kier alpha value is -4.20. The normalized spacial score (nSPS) is 14.2. The zero-order chi connectivity index (χ0) is 22.0. The summed E-state index contributed by atoms with van der Waals surface area (Å²) >= 11 is 0. The maximum Gasteiger partial charge on any atom is 0.328 e. The van der Waals surface area contributed by atoms with Gasteiger partial charge in [0.15, 0.2) is 0 Å². The van der Waals surface area contributed by atoms with E-state index < -0.39 is 11.9 Å². The van der Waals surface area contributed by atoms with E-state index >= 15 is 0 Å². The van der Waals surface area contributed by atoms with E-state index in [9.17, 15) is 14.4 Å². The fourth-order valence-electron chi connectivity index (χ4n) is 3.54. The lowest BCUT2D eigenvalue weighted by Gasteiger charge is -2.08. The summed E-state index contributed by atoms with van der Waals surface area (Å²) in [6.07, 6.45) is 4.31. The molecule has 0 saturated carbocycles. The van der Waals surface area contributed by atoms with Crippen LogP contribution < -0.4 is 15.6 Å². The molecular weight excluding hydrogens is 398 g/mol. The van der Waals surface area contributed by atoms with E-state index in [1.54, 1.807) is 29.9 Å². The molecule has 2 aromatic carbocycles. The lowest BCUT2D eigenvalue weighted by atomic mass is 10.1. The molecule has 2 heterocycles. The molecular formula is C23H19N3O5. The number of carboxylic acids is 1. The number of rotatable bonds is 5. The number of para-hydroxylation sites is 1. The third-order valence-corrected chi connectivity index (χ3v) is 4.96. The number of carboxylic acid groups (broad SMARTS) is 1. The Bertz CT molecular complexity index is 1320. The Balaban J connectivity index is 1.74. The molecule has 8 nitrogen and oxygen atoms in total. The van der Waals surface area contributed by atoms with E-state index in [0.29, 0.717) is 35.4 Å². The molecule has 1 aromatic heterocycles. The number of aromatic nitrogens is 2. The lowest BCUT2D eigenvalue weighted by Crippen LogP contribution is -2.21. The molecule has 0 aliphatic carbocycles. The van der Waals surface area contributed by atoms with Crippen LogP contribution in [-0.4, -0.2) is 33.6 Å². The van der Waals surface area contributed by atoms with Crippen molar-refractivity contribution in [1.29, 1.82) is 0 Å². The minimum Gasteiger partial charge on any atom is -0.496 e. The van der Waals surface area contributed by atoms with Gasteiger partial charge in [0.2, 0.25) is 5.91 Å².